The molecule has 9 heteroatoms. The highest BCUT2D eigenvalue weighted by molar-refractivity contribution is 7.92. The highest BCUT2D eigenvalue weighted by atomic mass is 32.2. The lowest BCUT2D eigenvalue weighted by Crippen LogP contribution is -2.51. The summed E-state index contributed by atoms with van der Waals surface area (Å²) in [5.74, 6) is 1.23. The van der Waals surface area contributed by atoms with Crippen molar-refractivity contribution in [3.8, 4) is 17.2 Å². The van der Waals surface area contributed by atoms with Gasteiger partial charge in [0.15, 0.2) is 17.6 Å². The van der Waals surface area contributed by atoms with E-state index in [1.807, 2.05) is 38.1 Å². The third kappa shape index (κ3) is 4.51. The number of rotatable bonds is 5. The summed E-state index contributed by atoms with van der Waals surface area (Å²) >= 11 is 0. The zero-order valence-corrected chi connectivity index (χ0v) is 20.2. The van der Waals surface area contributed by atoms with Gasteiger partial charge in [-0.25, -0.2) is 8.42 Å². The van der Waals surface area contributed by atoms with Crippen LogP contribution in [0, 0.1) is 6.92 Å². The van der Waals surface area contributed by atoms with Gasteiger partial charge in [-0.2, -0.15) is 0 Å². The molecule has 0 bridgehead atoms. The molecule has 2 aliphatic heterocycles. The van der Waals surface area contributed by atoms with E-state index < -0.39 is 22.0 Å². The number of ether oxygens (including phenoxy) is 3. The predicted molar refractivity (Wildman–Crippen MR) is 131 cm³/mol. The number of hydrogen-bond donors (Lipinski definition) is 1. The number of nitrogens with one attached hydrogen (secondary N) is 1. The van der Waals surface area contributed by atoms with Crippen molar-refractivity contribution >= 4 is 21.6 Å². The van der Waals surface area contributed by atoms with E-state index in [0.29, 0.717) is 36.1 Å². The molecule has 0 unspecified atom stereocenters. The largest absolute Gasteiger partial charge is 0.486 e. The lowest BCUT2D eigenvalue weighted by atomic mass is 10.1. The van der Waals surface area contributed by atoms with Gasteiger partial charge in [0.05, 0.1) is 23.2 Å². The zero-order valence-electron chi connectivity index (χ0n) is 19.4. The van der Waals surface area contributed by atoms with Gasteiger partial charge < -0.3 is 19.5 Å². The first-order valence-electron chi connectivity index (χ1n) is 11.4. The Morgan fingerprint density at radius 2 is 1.69 bits per heavy atom. The second kappa shape index (κ2) is 9.14. The van der Waals surface area contributed by atoms with Crippen LogP contribution in [0.15, 0.2) is 71.6 Å². The second-order valence-electron chi connectivity index (χ2n) is 8.56. The van der Waals surface area contributed by atoms with E-state index in [1.165, 1.54) is 4.31 Å². The SMILES string of the molecule is Cc1ccc2c(c1)N(S(=O)(=O)c1ccccc1)C[C@H](C(=O)N[C@@H](C)c1ccc3c(c1)OCCO3)O2. The van der Waals surface area contributed by atoms with E-state index >= 15 is 0 Å². The van der Waals surface area contributed by atoms with Crippen LogP contribution in [0.25, 0.3) is 0 Å². The molecule has 0 saturated carbocycles. The lowest BCUT2D eigenvalue weighted by Gasteiger charge is -2.35. The molecular weight excluding hydrogens is 468 g/mol. The van der Waals surface area contributed by atoms with Crippen LogP contribution >= 0.6 is 0 Å². The minimum absolute atomic E-state index is 0.145. The van der Waals surface area contributed by atoms with E-state index in [1.54, 1.807) is 42.5 Å². The van der Waals surface area contributed by atoms with Crippen LogP contribution in [-0.4, -0.2) is 40.2 Å². The van der Waals surface area contributed by atoms with Crippen LogP contribution in [0.1, 0.15) is 24.1 Å². The molecule has 2 atom stereocenters. The molecule has 0 spiro atoms. The number of carbonyl (C=O) groups is 1. The topological polar surface area (TPSA) is 94.2 Å². The highest BCUT2D eigenvalue weighted by Gasteiger charge is 2.38. The Hall–Kier alpha value is -3.72. The smallest absolute Gasteiger partial charge is 0.264 e. The van der Waals surface area contributed by atoms with E-state index in [0.717, 1.165) is 11.1 Å². The van der Waals surface area contributed by atoms with Gasteiger partial charge in [0.2, 0.25) is 0 Å². The maximum Gasteiger partial charge on any atom is 0.264 e. The summed E-state index contributed by atoms with van der Waals surface area (Å²) in [5.41, 5.74) is 2.14. The number of aryl methyl sites for hydroxylation is 1. The molecule has 3 aromatic rings. The fourth-order valence-electron chi connectivity index (χ4n) is 4.16. The molecule has 35 heavy (non-hydrogen) atoms. The molecule has 2 aliphatic rings. The molecule has 182 valence electrons. The zero-order chi connectivity index (χ0) is 24.6. The number of fused-ring (bicyclic) bond motifs is 2. The number of anilines is 1. The van der Waals surface area contributed by atoms with E-state index in [2.05, 4.69) is 5.32 Å². The molecular formula is C26H26N2O6S. The van der Waals surface area contributed by atoms with Crippen molar-refractivity contribution in [1.82, 2.24) is 5.32 Å². The number of benzene rings is 3. The van der Waals surface area contributed by atoms with Crippen molar-refractivity contribution in [2.45, 2.75) is 30.9 Å². The standard InChI is InChI=1S/C26H26N2O6S/c1-17-8-10-22-21(14-17)28(35(30,31)20-6-4-3-5-7-20)16-25(34-22)26(29)27-18(2)19-9-11-23-24(15-19)33-13-12-32-23/h3-11,14-15,18,25H,12-13,16H2,1-2H3,(H,27,29)/t18-,25+/m0/s1. The van der Waals surface area contributed by atoms with Crippen LogP contribution in [0.2, 0.25) is 0 Å². The molecule has 0 radical (unpaired) electrons. The molecule has 0 aliphatic carbocycles. The molecule has 2 heterocycles. The Morgan fingerprint density at radius 3 is 2.46 bits per heavy atom. The average Bonchev–Trinajstić information content (AvgIpc) is 2.88. The normalized spacial score (nSPS) is 17.7. The first kappa shape index (κ1) is 23.0. The van der Waals surface area contributed by atoms with E-state index in [9.17, 15) is 13.2 Å². The monoisotopic (exact) mass is 494 g/mol. The molecule has 0 aromatic heterocycles. The van der Waals surface area contributed by atoms with Crippen molar-refractivity contribution in [1.29, 1.82) is 0 Å². The summed E-state index contributed by atoms with van der Waals surface area (Å²) in [6, 6.07) is 18.6. The minimum atomic E-state index is -3.91. The molecule has 1 N–H and O–H groups in total. The van der Waals surface area contributed by atoms with Crippen molar-refractivity contribution in [2.24, 2.45) is 0 Å². The maximum atomic E-state index is 13.5. The third-order valence-electron chi connectivity index (χ3n) is 6.03. The third-order valence-corrected chi connectivity index (χ3v) is 7.83. The van der Waals surface area contributed by atoms with Gasteiger partial charge in [-0.1, -0.05) is 30.3 Å². The van der Waals surface area contributed by atoms with Crippen LogP contribution in [-0.2, 0) is 14.8 Å². The number of sulfonamides is 1. The van der Waals surface area contributed by atoms with Crippen molar-refractivity contribution in [3.05, 3.63) is 77.9 Å². The van der Waals surface area contributed by atoms with Gasteiger partial charge >= 0.3 is 0 Å². The fourth-order valence-corrected chi connectivity index (χ4v) is 5.65. The summed E-state index contributed by atoms with van der Waals surface area (Å²) < 4.78 is 45.5. The van der Waals surface area contributed by atoms with Crippen LogP contribution < -0.4 is 23.8 Å². The first-order chi connectivity index (χ1) is 16.8. The second-order valence-corrected chi connectivity index (χ2v) is 10.4. The lowest BCUT2D eigenvalue weighted by molar-refractivity contribution is -0.128. The molecule has 0 fully saturated rings. The van der Waals surface area contributed by atoms with Gasteiger partial charge in [0.25, 0.3) is 15.9 Å². The van der Waals surface area contributed by atoms with Gasteiger partial charge in [-0.05, 0) is 61.4 Å². The van der Waals surface area contributed by atoms with Gasteiger partial charge in [0, 0.05) is 0 Å². The van der Waals surface area contributed by atoms with Crippen molar-refractivity contribution in [3.63, 3.8) is 0 Å². The molecule has 5 rings (SSSR count). The Bertz CT molecular complexity index is 1360. The highest BCUT2D eigenvalue weighted by Crippen LogP contribution is 2.38. The van der Waals surface area contributed by atoms with Gasteiger partial charge in [-0.3, -0.25) is 9.10 Å². The van der Waals surface area contributed by atoms with Gasteiger partial charge in [0.1, 0.15) is 19.0 Å². The average molecular weight is 495 g/mol. The van der Waals surface area contributed by atoms with Crippen LogP contribution in [0.5, 0.6) is 17.2 Å². The van der Waals surface area contributed by atoms with Crippen LogP contribution in [0.3, 0.4) is 0 Å². The number of nitrogens with zero attached hydrogens (tertiary/aromatic N) is 1. The quantitative estimate of drug-likeness (QED) is 0.583. The predicted octanol–water partition coefficient (Wildman–Crippen LogP) is 3.60. The van der Waals surface area contributed by atoms with Crippen LogP contribution in [0.4, 0.5) is 5.69 Å². The number of amides is 1. The van der Waals surface area contributed by atoms with Gasteiger partial charge in [-0.15, -0.1) is 0 Å². The summed E-state index contributed by atoms with van der Waals surface area (Å²) in [6.45, 7) is 4.55. The summed E-state index contributed by atoms with van der Waals surface area (Å²) in [7, 11) is -3.91. The summed E-state index contributed by atoms with van der Waals surface area (Å²) in [5, 5.41) is 2.94. The Labute approximate surface area is 204 Å². The molecule has 3 aromatic carbocycles. The van der Waals surface area contributed by atoms with Crippen molar-refractivity contribution < 1.29 is 27.4 Å². The minimum Gasteiger partial charge on any atom is -0.486 e. The van der Waals surface area contributed by atoms with Crippen molar-refractivity contribution in [2.75, 3.05) is 24.1 Å². The fraction of sp³-hybridized carbons (Fsp3) is 0.269. The first-order valence-corrected chi connectivity index (χ1v) is 12.8. The van der Waals surface area contributed by atoms with E-state index in [-0.39, 0.29) is 17.5 Å². The maximum absolute atomic E-state index is 13.5. The Balaban J connectivity index is 1.40. The summed E-state index contributed by atoms with van der Waals surface area (Å²) in [6.07, 6.45) is -1.02. The number of carbonyl (C=O) groups excluding carboxylic acids is 1. The molecule has 1 amide bonds. The Morgan fingerprint density at radius 1 is 0.971 bits per heavy atom. The molecule has 0 saturated heterocycles. The molecule has 8 nitrogen and oxygen atoms in total. The Kier molecular flexibility index (Phi) is 6.02. The summed E-state index contributed by atoms with van der Waals surface area (Å²) in [4.78, 5) is 13.4. The van der Waals surface area contributed by atoms with E-state index in [4.69, 9.17) is 14.2 Å². The number of hydrogen-bond acceptors (Lipinski definition) is 6.